The predicted molar refractivity (Wildman–Crippen MR) is 473 cm³/mol. The van der Waals surface area contributed by atoms with Crippen LogP contribution in [0, 0.1) is 42.8 Å². The van der Waals surface area contributed by atoms with Gasteiger partial charge in [0, 0.05) is 0 Å². The van der Waals surface area contributed by atoms with E-state index in [0.717, 1.165) is 42.8 Å². The molecule has 0 heterocycles. The van der Waals surface area contributed by atoms with Gasteiger partial charge in [-0.25, -0.2) is 0 Å². The van der Waals surface area contributed by atoms with Gasteiger partial charge in [0.2, 0.25) is 0 Å². The number of halogens is 18. The van der Waals surface area contributed by atoms with Gasteiger partial charge in [0.25, 0.3) is 0 Å². The Kier molecular flexibility index (Phi) is 41.6. The Morgan fingerprint density at radius 3 is 0.278 bits per heavy atom. The molecule has 6 unspecified atom stereocenters. The van der Waals surface area contributed by atoms with Crippen LogP contribution in [0.1, 0.15) is 0 Å². The van der Waals surface area contributed by atoms with Crippen molar-refractivity contribution in [3.05, 3.63) is 407 Å². The van der Waals surface area contributed by atoms with Gasteiger partial charge in [-0.1, -0.05) is 0 Å². The molecule has 0 saturated carbocycles. The summed E-state index contributed by atoms with van der Waals surface area (Å²) in [7, 11) is 31.2. The normalized spacial score (nSPS) is 14.9. The van der Waals surface area contributed by atoms with E-state index < -0.39 is 202 Å². The Labute approximate surface area is 712 Å². The van der Waals surface area contributed by atoms with E-state index in [4.69, 9.17) is 72.0 Å². The van der Waals surface area contributed by atoms with Gasteiger partial charge >= 0.3 is 724 Å². The first-order valence-corrected chi connectivity index (χ1v) is 76.8. The Hall–Kier alpha value is -1.75. The first-order chi connectivity index (χ1) is 51.4. The Morgan fingerprint density at radius 2 is 0.222 bits per heavy atom. The van der Waals surface area contributed by atoms with Crippen LogP contribution in [0.2, 0.25) is 0 Å². The van der Waals surface area contributed by atoms with Gasteiger partial charge in [-0.2, -0.15) is 0 Å². The molecule has 0 saturated heterocycles. The van der Waals surface area contributed by atoms with Crippen molar-refractivity contribution in [1.29, 1.82) is 0 Å². The molecule has 0 amide bonds. The quantitative estimate of drug-likeness (QED) is 0.0321. The third-order valence-electron chi connectivity index (χ3n) is 12.1. The summed E-state index contributed by atoms with van der Waals surface area (Å²) in [6.45, 7) is 0. The number of hydrogen-bond acceptors (Lipinski definition) is 12. The van der Waals surface area contributed by atoms with Crippen LogP contribution in [0.5, 0.6) is 0 Å². The van der Waals surface area contributed by atoms with Crippen molar-refractivity contribution >= 4 is 261 Å². The second-order valence-electron chi connectivity index (χ2n) is 19.9. The molecule has 0 aromatic heterocycles. The topological polar surface area (TPSA) is 158 Å². The third kappa shape index (κ3) is 37.5. The van der Waals surface area contributed by atoms with E-state index in [1.54, 1.807) is 0 Å². The first kappa shape index (κ1) is 93.4. The molecule has 0 radical (unpaired) electrons. The van der Waals surface area contributed by atoms with E-state index in [1.165, 1.54) is 0 Å². The molecule has 0 aliphatic rings. The minimum absolute atomic E-state index is 0.868. The van der Waals surface area contributed by atoms with E-state index in [1.807, 2.05) is 364 Å². The van der Waals surface area contributed by atoms with E-state index in [-0.39, 0.29) is 0 Å². The van der Waals surface area contributed by atoms with Crippen LogP contribution in [-0.4, -0.2) is 80.2 Å². The van der Waals surface area contributed by atoms with Gasteiger partial charge in [-0.05, 0) is 0 Å². The van der Waals surface area contributed by atoms with E-state index in [2.05, 4.69) is 0 Å². The molecule has 12 aromatic rings. The summed E-state index contributed by atoms with van der Waals surface area (Å²) in [4.78, 5) is 0. The van der Waals surface area contributed by atoms with Crippen LogP contribution in [0.4, 0.5) is 20.8 Å². The van der Waals surface area contributed by atoms with Gasteiger partial charge in [0.15, 0.2) is 0 Å². The number of rotatable bonds is 24. The van der Waals surface area contributed by atoms with Crippen LogP contribution in [-0.2, 0) is 34.8 Å². The summed E-state index contributed by atoms with van der Waals surface area (Å²) in [5.41, 5.74) is 0. The Morgan fingerprint density at radius 1 is 0.157 bits per heavy atom. The minimum atomic E-state index is -5.13. The van der Waals surface area contributed by atoms with Crippen LogP contribution in [0.3, 0.4) is 0 Å². The molecule has 0 N–H and O–H groups in total. The molecule has 0 spiro atoms. The molecule has 0 bridgehead atoms. The van der Waals surface area contributed by atoms with Crippen LogP contribution in [0.25, 0.3) is 0 Å². The second-order valence-corrected chi connectivity index (χ2v) is 80.5. The average Bonchev–Trinajstić information content (AvgIpc) is 0.872. The summed E-state index contributed by atoms with van der Waals surface area (Å²) in [6, 6.07) is 111. The monoisotopic (exact) mass is 2650 g/mol. The van der Waals surface area contributed by atoms with Crippen LogP contribution in [0.15, 0.2) is 364 Å². The van der Waals surface area contributed by atoms with E-state index in [9.17, 15) is 43.2 Å². The van der Waals surface area contributed by atoms with Crippen LogP contribution < -0.4 is 0 Å². The number of hydrogen-bond donors (Lipinski definition) is 0. The SMILES string of the molecule is O=[As](F)(Cl)OI(c1ccccc1)c1ccccc1.O=[As](F)(Cl)OI(c1ccccc1)c1ccccc1.O=[As](F)(Cl)OI(c1ccccc1)c1ccccc1.O=[As](F)(Cl)OI(c1ccccc1)c1ccccc1.O=[As](F)(Cl)OI(c1ccccc1)c1ccccc1.O=[As](F)(Cl)OI(c1ccccc1)c1ccccc1. The fraction of sp³-hybridized carbons (Fsp3) is 0. The molecular weight excluding hydrogens is 2590 g/mol. The molecule has 576 valence electrons. The number of benzene rings is 12. The van der Waals surface area contributed by atoms with Crippen molar-refractivity contribution in [3.63, 3.8) is 0 Å². The molecule has 0 aliphatic carbocycles. The zero-order valence-corrected chi connectivity index (χ0v) is 83.8. The van der Waals surface area contributed by atoms with Gasteiger partial charge in [-0.15, -0.1) is 0 Å². The van der Waals surface area contributed by atoms with Crippen molar-refractivity contribution < 1.29 is 55.6 Å². The molecular formula is C72H60As6Cl6F6I6O12. The van der Waals surface area contributed by atoms with Crippen molar-refractivity contribution in [2.24, 2.45) is 0 Å². The van der Waals surface area contributed by atoms with Gasteiger partial charge in [-0.3, -0.25) is 0 Å². The predicted octanol–water partition coefficient (Wildman–Crippen LogP) is 25.4. The molecule has 0 fully saturated rings. The molecule has 108 heavy (non-hydrogen) atoms. The summed E-state index contributed by atoms with van der Waals surface area (Å²) in [5.74, 6) is 0. The average molecular weight is 2650 g/mol. The second kappa shape index (κ2) is 48.1. The fourth-order valence-corrected chi connectivity index (χ4v) is 68.6. The van der Waals surface area contributed by atoms with Crippen LogP contribution >= 0.6 is 181 Å². The van der Waals surface area contributed by atoms with Gasteiger partial charge in [0.1, 0.15) is 0 Å². The van der Waals surface area contributed by atoms with Crippen molar-refractivity contribution in [1.82, 2.24) is 0 Å². The zero-order valence-electron chi connectivity index (χ0n) is 55.0. The molecule has 0 aliphatic heterocycles. The fourth-order valence-electron chi connectivity index (χ4n) is 8.07. The molecule has 12 rings (SSSR count). The van der Waals surface area contributed by atoms with E-state index >= 15 is 0 Å². The maximum atomic E-state index is 13.2. The van der Waals surface area contributed by atoms with Gasteiger partial charge < -0.3 is 0 Å². The van der Waals surface area contributed by atoms with Gasteiger partial charge in [0.05, 0.1) is 0 Å². The van der Waals surface area contributed by atoms with Crippen molar-refractivity contribution in [2.45, 2.75) is 0 Å². The van der Waals surface area contributed by atoms with E-state index in [0.29, 0.717) is 0 Å². The molecule has 12 aromatic carbocycles. The summed E-state index contributed by atoms with van der Waals surface area (Å²) < 4.78 is 187. The zero-order chi connectivity index (χ0) is 78.1. The Bertz CT molecular complexity index is 3840. The standard InChI is InChI=1S/6C12H10AsClFIO2/c6*14-13(15,17)18-16(11-7-3-1-4-8-11)12-9-5-2-6-10-12/h6*1-10H. The van der Waals surface area contributed by atoms with Crippen molar-refractivity contribution in [2.75, 3.05) is 0 Å². The summed E-state index contributed by atoms with van der Waals surface area (Å²) in [5, 5.41) is 0. The molecule has 36 heteroatoms. The summed E-state index contributed by atoms with van der Waals surface area (Å²) >= 11 is -45.9. The van der Waals surface area contributed by atoms with Crippen molar-refractivity contribution in [3.8, 4) is 0 Å². The summed E-state index contributed by atoms with van der Waals surface area (Å²) in [6.07, 6.45) is 0. The third-order valence-corrected chi connectivity index (χ3v) is 75.5. The molecule has 12 nitrogen and oxygen atoms in total. The Balaban J connectivity index is 0.000000180. The first-order valence-electron chi connectivity index (χ1n) is 30.3. The molecule has 6 atom stereocenters. The maximum absolute atomic E-state index is 13.2.